The molecule has 2 N–H and O–H groups in total. The van der Waals surface area contributed by atoms with E-state index in [9.17, 15) is 0 Å². The lowest BCUT2D eigenvalue weighted by atomic mass is 10.2. The van der Waals surface area contributed by atoms with Gasteiger partial charge in [-0.1, -0.05) is 0 Å². The largest absolute Gasteiger partial charge is 0.385 e. The third kappa shape index (κ3) is 10.5. The van der Waals surface area contributed by atoms with Crippen molar-refractivity contribution >= 4 is 5.96 Å². The summed E-state index contributed by atoms with van der Waals surface area (Å²) in [6.07, 6.45) is 2.08. The number of guanidine groups is 1. The SMILES string of the molecule is CCNC(=NCCCOC)NCCCN(C(C)C)C(C)C. The lowest BCUT2D eigenvalue weighted by Gasteiger charge is -2.30. The first-order chi connectivity index (χ1) is 10.0. The van der Waals surface area contributed by atoms with Gasteiger partial charge in [-0.05, 0) is 47.5 Å². The molecule has 126 valence electrons. The van der Waals surface area contributed by atoms with Crippen LogP contribution >= 0.6 is 0 Å². The summed E-state index contributed by atoms with van der Waals surface area (Å²) < 4.78 is 5.04. The lowest BCUT2D eigenvalue weighted by Crippen LogP contribution is -2.41. The average Bonchev–Trinajstić information content (AvgIpc) is 2.42. The Labute approximate surface area is 131 Å². The second kappa shape index (κ2) is 12.9. The van der Waals surface area contributed by atoms with E-state index in [1.165, 1.54) is 0 Å². The van der Waals surface area contributed by atoms with E-state index < -0.39 is 0 Å². The van der Waals surface area contributed by atoms with Crippen molar-refractivity contribution in [1.82, 2.24) is 15.5 Å². The summed E-state index contributed by atoms with van der Waals surface area (Å²) in [7, 11) is 1.72. The minimum Gasteiger partial charge on any atom is -0.385 e. The maximum atomic E-state index is 5.04. The fraction of sp³-hybridized carbons (Fsp3) is 0.938. The van der Waals surface area contributed by atoms with Crippen molar-refractivity contribution in [3.63, 3.8) is 0 Å². The van der Waals surface area contributed by atoms with Crippen LogP contribution in [0.2, 0.25) is 0 Å². The first-order valence-electron chi connectivity index (χ1n) is 8.29. The molecule has 0 spiro atoms. The van der Waals surface area contributed by atoms with Crippen molar-refractivity contribution in [2.75, 3.05) is 39.9 Å². The van der Waals surface area contributed by atoms with Crippen LogP contribution in [0, 0.1) is 0 Å². The molecule has 21 heavy (non-hydrogen) atoms. The Morgan fingerprint density at radius 1 is 1.10 bits per heavy atom. The van der Waals surface area contributed by atoms with Gasteiger partial charge in [-0.25, -0.2) is 0 Å². The number of rotatable bonds is 11. The molecule has 0 heterocycles. The first-order valence-corrected chi connectivity index (χ1v) is 8.29. The van der Waals surface area contributed by atoms with Gasteiger partial charge in [0.1, 0.15) is 0 Å². The maximum Gasteiger partial charge on any atom is 0.191 e. The summed E-state index contributed by atoms with van der Waals surface area (Å²) in [5.74, 6) is 0.911. The highest BCUT2D eigenvalue weighted by Gasteiger charge is 2.12. The molecule has 5 nitrogen and oxygen atoms in total. The molecule has 0 atom stereocenters. The number of nitrogens with one attached hydrogen (secondary N) is 2. The van der Waals surface area contributed by atoms with Gasteiger partial charge in [0, 0.05) is 52.0 Å². The van der Waals surface area contributed by atoms with Crippen LogP contribution in [-0.4, -0.2) is 62.8 Å². The Balaban J connectivity index is 4.01. The predicted octanol–water partition coefficient (Wildman–Crippen LogP) is 2.09. The van der Waals surface area contributed by atoms with E-state index in [2.05, 4.69) is 55.1 Å². The van der Waals surface area contributed by atoms with Crippen LogP contribution in [0.1, 0.15) is 47.5 Å². The minimum atomic E-state index is 0.598. The van der Waals surface area contributed by atoms with Crippen molar-refractivity contribution in [3.05, 3.63) is 0 Å². The molecule has 0 amide bonds. The summed E-state index contributed by atoms with van der Waals surface area (Å²) >= 11 is 0. The Bertz CT molecular complexity index is 259. The number of hydrogen-bond acceptors (Lipinski definition) is 3. The normalized spacial score (nSPS) is 12.5. The van der Waals surface area contributed by atoms with Gasteiger partial charge in [0.05, 0.1) is 0 Å². The number of ether oxygens (including phenoxy) is 1. The monoisotopic (exact) mass is 300 g/mol. The van der Waals surface area contributed by atoms with Gasteiger partial charge in [-0.3, -0.25) is 9.89 Å². The molecule has 0 bridgehead atoms. The van der Waals surface area contributed by atoms with Gasteiger partial charge in [0.25, 0.3) is 0 Å². The zero-order valence-corrected chi connectivity index (χ0v) is 14.9. The van der Waals surface area contributed by atoms with Gasteiger partial charge in [0.2, 0.25) is 0 Å². The Kier molecular flexibility index (Phi) is 12.4. The van der Waals surface area contributed by atoms with Crippen LogP contribution in [-0.2, 0) is 4.74 Å². The molecule has 0 saturated heterocycles. The molecule has 0 aliphatic carbocycles. The highest BCUT2D eigenvalue weighted by atomic mass is 16.5. The second-order valence-electron chi connectivity index (χ2n) is 5.81. The number of hydrogen-bond donors (Lipinski definition) is 2. The molecule has 0 unspecified atom stereocenters. The molecule has 0 aromatic carbocycles. The molecule has 0 aliphatic heterocycles. The molecule has 0 aliphatic rings. The molecule has 5 heteroatoms. The molecular formula is C16H36N4O. The van der Waals surface area contributed by atoms with Crippen molar-refractivity contribution in [2.24, 2.45) is 4.99 Å². The van der Waals surface area contributed by atoms with E-state index in [4.69, 9.17) is 4.74 Å². The van der Waals surface area contributed by atoms with Crippen LogP contribution in [0.25, 0.3) is 0 Å². The zero-order valence-electron chi connectivity index (χ0n) is 14.9. The molecule has 0 aromatic rings. The van der Waals surface area contributed by atoms with Gasteiger partial charge >= 0.3 is 0 Å². The summed E-state index contributed by atoms with van der Waals surface area (Å²) in [5.41, 5.74) is 0. The third-order valence-electron chi connectivity index (χ3n) is 3.33. The fourth-order valence-electron chi connectivity index (χ4n) is 2.32. The highest BCUT2D eigenvalue weighted by molar-refractivity contribution is 5.79. The van der Waals surface area contributed by atoms with Gasteiger partial charge in [-0.15, -0.1) is 0 Å². The zero-order chi connectivity index (χ0) is 16.1. The second-order valence-corrected chi connectivity index (χ2v) is 5.81. The Morgan fingerprint density at radius 3 is 2.29 bits per heavy atom. The van der Waals surface area contributed by atoms with Gasteiger partial charge < -0.3 is 15.4 Å². The minimum absolute atomic E-state index is 0.598. The Hall–Kier alpha value is -0.810. The summed E-state index contributed by atoms with van der Waals surface area (Å²) in [5, 5.41) is 6.68. The van der Waals surface area contributed by atoms with E-state index in [1.807, 2.05) is 0 Å². The van der Waals surface area contributed by atoms with Gasteiger partial charge in [-0.2, -0.15) is 0 Å². The topological polar surface area (TPSA) is 48.9 Å². The summed E-state index contributed by atoms with van der Waals surface area (Å²) in [6.45, 7) is 15.6. The molecule has 0 saturated carbocycles. The van der Waals surface area contributed by atoms with Crippen LogP contribution in [0.5, 0.6) is 0 Å². The summed E-state index contributed by atoms with van der Waals surface area (Å²) in [4.78, 5) is 7.06. The third-order valence-corrected chi connectivity index (χ3v) is 3.33. The lowest BCUT2D eigenvalue weighted by molar-refractivity contribution is 0.173. The number of aliphatic imine (C=N–C) groups is 1. The predicted molar refractivity (Wildman–Crippen MR) is 92.1 cm³/mol. The van der Waals surface area contributed by atoms with Gasteiger partial charge in [0.15, 0.2) is 5.96 Å². The van der Waals surface area contributed by atoms with E-state index in [0.29, 0.717) is 12.1 Å². The molecule has 0 rings (SSSR count). The van der Waals surface area contributed by atoms with Crippen molar-refractivity contribution in [2.45, 2.75) is 59.5 Å². The molecular weight excluding hydrogens is 264 g/mol. The highest BCUT2D eigenvalue weighted by Crippen LogP contribution is 2.05. The number of methoxy groups -OCH3 is 1. The smallest absolute Gasteiger partial charge is 0.191 e. The van der Waals surface area contributed by atoms with Crippen molar-refractivity contribution in [3.8, 4) is 0 Å². The molecule has 0 fully saturated rings. The Morgan fingerprint density at radius 2 is 1.76 bits per heavy atom. The van der Waals surface area contributed by atoms with Crippen LogP contribution in [0.15, 0.2) is 4.99 Å². The quantitative estimate of drug-likeness (QED) is 0.348. The van der Waals surface area contributed by atoms with Crippen LogP contribution < -0.4 is 10.6 Å². The maximum absolute atomic E-state index is 5.04. The average molecular weight is 300 g/mol. The van der Waals surface area contributed by atoms with E-state index >= 15 is 0 Å². The van der Waals surface area contributed by atoms with E-state index in [0.717, 1.165) is 51.6 Å². The van der Waals surface area contributed by atoms with Crippen LogP contribution in [0.3, 0.4) is 0 Å². The van der Waals surface area contributed by atoms with E-state index in [1.54, 1.807) is 7.11 Å². The van der Waals surface area contributed by atoms with Crippen molar-refractivity contribution < 1.29 is 4.74 Å². The molecule has 0 aromatic heterocycles. The van der Waals surface area contributed by atoms with Crippen LogP contribution in [0.4, 0.5) is 0 Å². The fourth-order valence-corrected chi connectivity index (χ4v) is 2.32. The first kappa shape index (κ1) is 20.2. The standard InChI is InChI=1S/C16H36N4O/c1-7-17-16(19-11-9-13-21-6)18-10-8-12-20(14(2)3)15(4)5/h14-15H,7-13H2,1-6H3,(H2,17,18,19). The van der Waals surface area contributed by atoms with Crippen molar-refractivity contribution in [1.29, 1.82) is 0 Å². The number of nitrogens with zero attached hydrogens (tertiary/aromatic N) is 2. The summed E-state index contributed by atoms with van der Waals surface area (Å²) in [6, 6.07) is 1.20. The molecule has 0 radical (unpaired) electrons. The van der Waals surface area contributed by atoms with E-state index in [-0.39, 0.29) is 0 Å².